The number of rotatable bonds is 5. The fraction of sp³-hybridized carbons (Fsp3) is 0.391. The number of likely N-dealkylation sites (tertiary alicyclic amines) is 1. The fourth-order valence-corrected chi connectivity index (χ4v) is 3.96. The predicted octanol–water partition coefficient (Wildman–Crippen LogP) is 3.24. The van der Waals surface area contributed by atoms with Crippen molar-refractivity contribution in [2.24, 2.45) is 0 Å². The monoisotopic (exact) mass is 421 g/mol. The van der Waals surface area contributed by atoms with E-state index < -0.39 is 0 Å². The lowest BCUT2D eigenvalue weighted by molar-refractivity contribution is -0.129. The number of fused-ring (bicyclic) bond motifs is 1. The second-order valence-corrected chi connectivity index (χ2v) is 8.15. The lowest BCUT2D eigenvalue weighted by Gasteiger charge is -2.24. The summed E-state index contributed by atoms with van der Waals surface area (Å²) in [7, 11) is 5.55. The summed E-state index contributed by atoms with van der Waals surface area (Å²) in [5, 5.41) is 0.893. The molecule has 162 valence electrons. The van der Waals surface area contributed by atoms with Gasteiger partial charge in [-0.2, -0.15) is 0 Å². The summed E-state index contributed by atoms with van der Waals surface area (Å²) in [6, 6.07) is 11.0. The van der Waals surface area contributed by atoms with E-state index in [9.17, 15) is 9.59 Å². The van der Waals surface area contributed by atoms with E-state index in [-0.39, 0.29) is 17.9 Å². The van der Waals surface area contributed by atoms with E-state index in [0.29, 0.717) is 23.7 Å². The average Bonchev–Trinajstić information content (AvgIpc) is 3.40. The topological polar surface area (TPSA) is 82.8 Å². The molecule has 3 heterocycles. The van der Waals surface area contributed by atoms with Crippen LogP contribution in [0.15, 0.2) is 40.8 Å². The molecule has 1 aromatic carbocycles. The van der Waals surface area contributed by atoms with Gasteiger partial charge in [-0.15, -0.1) is 0 Å². The van der Waals surface area contributed by atoms with Crippen LogP contribution in [0.3, 0.4) is 0 Å². The number of nitrogens with zero attached hydrogens (tertiary/aromatic N) is 5. The second kappa shape index (κ2) is 8.37. The van der Waals surface area contributed by atoms with Gasteiger partial charge >= 0.3 is 0 Å². The van der Waals surface area contributed by atoms with Crippen LogP contribution in [-0.4, -0.2) is 59.3 Å². The lowest BCUT2D eigenvalue weighted by atomic mass is 10.2. The van der Waals surface area contributed by atoms with Crippen LogP contribution in [0.2, 0.25) is 0 Å². The number of carbonyl (C=O) groups is 2. The molecule has 8 heteroatoms. The number of furan rings is 1. The first-order valence-electron chi connectivity index (χ1n) is 10.4. The third kappa shape index (κ3) is 4.23. The molecule has 0 unspecified atom stereocenters. The van der Waals surface area contributed by atoms with Crippen molar-refractivity contribution < 1.29 is 14.0 Å². The molecule has 1 aliphatic rings. The molecule has 0 spiro atoms. The molecular formula is C23H27N5O3. The van der Waals surface area contributed by atoms with Crippen LogP contribution in [0.25, 0.3) is 11.0 Å². The van der Waals surface area contributed by atoms with Gasteiger partial charge in [0.15, 0.2) is 11.6 Å². The Morgan fingerprint density at radius 3 is 2.65 bits per heavy atom. The quantitative estimate of drug-likeness (QED) is 0.629. The number of hydrogen-bond acceptors (Lipinski definition) is 6. The van der Waals surface area contributed by atoms with Crippen molar-refractivity contribution in [1.82, 2.24) is 19.8 Å². The Kier molecular flexibility index (Phi) is 5.63. The minimum atomic E-state index is -0.214. The van der Waals surface area contributed by atoms with E-state index in [1.807, 2.05) is 54.2 Å². The molecule has 0 saturated carbocycles. The van der Waals surface area contributed by atoms with E-state index in [4.69, 9.17) is 9.40 Å². The molecule has 4 rings (SSSR count). The maximum Gasteiger partial charge on any atom is 0.289 e. The molecule has 1 fully saturated rings. The van der Waals surface area contributed by atoms with Crippen LogP contribution >= 0.6 is 0 Å². The molecular weight excluding hydrogens is 394 g/mol. The standard InChI is InChI=1S/C23H27N5O3/c1-15(29)28-11-7-9-18(28)22-24-17(13-21(25-22)26(2)3)14-27(4)23(30)20-12-16-8-5-6-10-19(16)31-20/h5-6,8,10,12-13,18H,7,9,11,14H2,1-4H3/t18-/m1/s1. The smallest absolute Gasteiger partial charge is 0.289 e. The Morgan fingerprint density at radius 1 is 1.16 bits per heavy atom. The first kappa shape index (κ1) is 20.8. The molecule has 8 nitrogen and oxygen atoms in total. The Morgan fingerprint density at radius 2 is 1.94 bits per heavy atom. The lowest BCUT2D eigenvalue weighted by Crippen LogP contribution is -2.30. The van der Waals surface area contributed by atoms with Gasteiger partial charge in [-0.25, -0.2) is 9.97 Å². The van der Waals surface area contributed by atoms with Crippen LogP contribution in [0.5, 0.6) is 0 Å². The van der Waals surface area contributed by atoms with Crippen molar-refractivity contribution in [3.63, 3.8) is 0 Å². The Bertz CT molecular complexity index is 1090. The summed E-state index contributed by atoms with van der Waals surface area (Å²) >= 11 is 0. The maximum absolute atomic E-state index is 12.9. The van der Waals surface area contributed by atoms with E-state index >= 15 is 0 Å². The van der Waals surface area contributed by atoms with Crippen molar-refractivity contribution in [2.45, 2.75) is 32.4 Å². The van der Waals surface area contributed by atoms with Gasteiger partial charge in [0.1, 0.15) is 11.4 Å². The summed E-state index contributed by atoms with van der Waals surface area (Å²) in [5.74, 6) is 1.48. The van der Waals surface area contributed by atoms with E-state index in [1.165, 1.54) is 0 Å². The molecule has 0 aliphatic carbocycles. The number of carbonyl (C=O) groups excluding carboxylic acids is 2. The normalized spacial score (nSPS) is 16.0. The molecule has 2 aromatic heterocycles. The zero-order valence-corrected chi connectivity index (χ0v) is 18.3. The summed E-state index contributed by atoms with van der Waals surface area (Å²) in [4.78, 5) is 39.7. The number of para-hydroxylation sites is 1. The highest BCUT2D eigenvalue weighted by atomic mass is 16.3. The second-order valence-electron chi connectivity index (χ2n) is 8.15. The van der Waals surface area contributed by atoms with E-state index in [0.717, 1.165) is 36.3 Å². The fourth-order valence-electron chi connectivity index (χ4n) is 3.96. The number of hydrogen-bond donors (Lipinski definition) is 0. The Labute approximate surface area is 181 Å². The molecule has 3 aromatic rings. The molecule has 1 aliphatic heterocycles. The van der Waals surface area contributed by atoms with Crippen molar-refractivity contribution >= 4 is 28.6 Å². The summed E-state index contributed by atoms with van der Waals surface area (Å²) in [6.45, 7) is 2.60. The van der Waals surface area contributed by atoms with E-state index in [1.54, 1.807) is 24.9 Å². The Hall–Kier alpha value is -3.42. The van der Waals surface area contributed by atoms with Gasteiger partial charge in [0.05, 0.1) is 18.3 Å². The molecule has 2 amide bonds. The number of benzene rings is 1. The van der Waals surface area contributed by atoms with Gasteiger partial charge in [0.2, 0.25) is 5.91 Å². The molecule has 1 atom stereocenters. The van der Waals surface area contributed by atoms with Crippen LogP contribution in [0.4, 0.5) is 5.82 Å². The van der Waals surface area contributed by atoms with Gasteiger partial charge in [-0.3, -0.25) is 9.59 Å². The predicted molar refractivity (Wildman–Crippen MR) is 118 cm³/mol. The molecule has 1 saturated heterocycles. The van der Waals surface area contributed by atoms with Gasteiger partial charge in [-0.1, -0.05) is 18.2 Å². The first-order chi connectivity index (χ1) is 14.8. The SMILES string of the molecule is CC(=O)N1CCC[C@@H]1c1nc(CN(C)C(=O)c2cc3ccccc3o2)cc(N(C)C)n1. The third-order valence-electron chi connectivity index (χ3n) is 5.58. The van der Waals surface area contributed by atoms with Crippen molar-refractivity contribution in [2.75, 3.05) is 32.6 Å². The van der Waals surface area contributed by atoms with E-state index in [2.05, 4.69) is 4.98 Å². The number of amides is 2. The highest BCUT2D eigenvalue weighted by Gasteiger charge is 2.31. The minimum absolute atomic E-state index is 0.0279. The average molecular weight is 422 g/mol. The van der Waals surface area contributed by atoms with Crippen molar-refractivity contribution in [3.05, 3.63) is 53.7 Å². The highest BCUT2D eigenvalue weighted by Crippen LogP contribution is 2.31. The van der Waals surface area contributed by atoms with Crippen molar-refractivity contribution in [1.29, 1.82) is 0 Å². The highest BCUT2D eigenvalue weighted by molar-refractivity contribution is 5.95. The molecule has 0 bridgehead atoms. The van der Waals surface area contributed by atoms with Gasteiger partial charge in [-0.05, 0) is 25.0 Å². The van der Waals surface area contributed by atoms with Gasteiger partial charge in [0, 0.05) is 46.1 Å². The third-order valence-corrected chi connectivity index (χ3v) is 5.58. The van der Waals surface area contributed by atoms with Crippen LogP contribution in [0, 0.1) is 0 Å². The van der Waals surface area contributed by atoms with Crippen LogP contribution in [0.1, 0.15) is 47.9 Å². The molecule has 31 heavy (non-hydrogen) atoms. The first-order valence-corrected chi connectivity index (χ1v) is 10.4. The van der Waals surface area contributed by atoms with Crippen molar-refractivity contribution in [3.8, 4) is 0 Å². The largest absolute Gasteiger partial charge is 0.451 e. The summed E-state index contributed by atoms with van der Waals surface area (Å²) in [5.41, 5.74) is 1.40. The molecule has 0 radical (unpaired) electrons. The maximum atomic E-state index is 12.9. The minimum Gasteiger partial charge on any atom is -0.451 e. The van der Waals surface area contributed by atoms with Crippen LogP contribution < -0.4 is 4.90 Å². The molecule has 0 N–H and O–H groups in total. The summed E-state index contributed by atoms with van der Waals surface area (Å²) in [6.07, 6.45) is 1.77. The van der Waals surface area contributed by atoms with Gasteiger partial charge < -0.3 is 19.1 Å². The number of anilines is 1. The summed E-state index contributed by atoms with van der Waals surface area (Å²) < 4.78 is 5.72. The zero-order valence-electron chi connectivity index (χ0n) is 18.3. The Balaban J connectivity index is 1.60. The number of aromatic nitrogens is 2. The van der Waals surface area contributed by atoms with Gasteiger partial charge in [0.25, 0.3) is 5.91 Å². The van der Waals surface area contributed by atoms with Crippen LogP contribution in [-0.2, 0) is 11.3 Å². The zero-order chi connectivity index (χ0) is 22.1.